The zero-order chi connectivity index (χ0) is 21.7. The Morgan fingerprint density at radius 1 is 1.03 bits per heavy atom. The van der Waals surface area contributed by atoms with Crippen molar-refractivity contribution in [3.8, 4) is 0 Å². The number of carbonyl (C=O) groups excluding carboxylic acids is 1. The Balaban J connectivity index is 1.52. The second kappa shape index (κ2) is 9.47. The fraction of sp³-hybridized carbons (Fsp3) is 0.261. The maximum atomic E-state index is 13.0. The number of rotatable bonds is 7. The molecule has 1 atom stereocenters. The number of hydrogen-bond donors (Lipinski definition) is 2. The van der Waals surface area contributed by atoms with Crippen LogP contribution in [0.1, 0.15) is 27.7 Å². The standard InChI is InChI=1S/C23H25N3O4S/c27-23(22-16-20(17-24-22)31(28,29)26-11-13-30-14-12-26)25-21(19-9-5-2-6-10-19)15-18-7-3-1-4-8-18/h1-10,16-17,21,24H,11-15H2,(H,25,27). The fourth-order valence-electron chi connectivity index (χ4n) is 3.61. The molecule has 1 unspecified atom stereocenters. The molecule has 2 N–H and O–H groups in total. The Morgan fingerprint density at radius 2 is 1.68 bits per heavy atom. The molecule has 2 heterocycles. The average Bonchev–Trinajstić information content (AvgIpc) is 3.32. The number of morpholine rings is 1. The van der Waals surface area contributed by atoms with E-state index in [1.807, 2.05) is 60.7 Å². The van der Waals surface area contributed by atoms with Crippen LogP contribution < -0.4 is 5.32 Å². The summed E-state index contributed by atoms with van der Waals surface area (Å²) < 4.78 is 32.3. The van der Waals surface area contributed by atoms with Gasteiger partial charge in [0, 0.05) is 19.3 Å². The minimum atomic E-state index is -3.66. The summed E-state index contributed by atoms with van der Waals surface area (Å²) in [6, 6.07) is 20.8. The predicted octanol–water partition coefficient (Wildman–Crippen LogP) is 2.75. The van der Waals surface area contributed by atoms with Gasteiger partial charge in [-0.1, -0.05) is 60.7 Å². The smallest absolute Gasteiger partial charge is 0.268 e. The minimum Gasteiger partial charge on any atom is -0.379 e. The van der Waals surface area contributed by atoms with E-state index in [1.54, 1.807) is 0 Å². The van der Waals surface area contributed by atoms with Crippen LogP contribution in [-0.2, 0) is 21.2 Å². The van der Waals surface area contributed by atoms with Crippen molar-refractivity contribution in [3.63, 3.8) is 0 Å². The van der Waals surface area contributed by atoms with Crippen LogP contribution in [0.2, 0.25) is 0 Å². The topological polar surface area (TPSA) is 91.5 Å². The fourth-order valence-corrected chi connectivity index (χ4v) is 5.02. The molecular weight excluding hydrogens is 414 g/mol. The molecule has 0 bridgehead atoms. The zero-order valence-electron chi connectivity index (χ0n) is 17.0. The van der Waals surface area contributed by atoms with Gasteiger partial charge in [-0.25, -0.2) is 8.42 Å². The summed E-state index contributed by atoms with van der Waals surface area (Å²) in [5.74, 6) is -0.354. The molecule has 0 aliphatic carbocycles. The van der Waals surface area contributed by atoms with Gasteiger partial charge >= 0.3 is 0 Å². The second-order valence-electron chi connectivity index (χ2n) is 7.39. The van der Waals surface area contributed by atoms with Crippen molar-refractivity contribution in [1.29, 1.82) is 0 Å². The van der Waals surface area contributed by atoms with Gasteiger partial charge in [0.15, 0.2) is 0 Å². The van der Waals surface area contributed by atoms with Gasteiger partial charge in [-0.2, -0.15) is 4.31 Å². The molecular formula is C23H25N3O4S. The van der Waals surface area contributed by atoms with Gasteiger partial charge in [0.05, 0.1) is 19.3 Å². The Hall–Kier alpha value is -2.94. The lowest BCUT2D eigenvalue weighted by molar-refractivity contribution is 0.0730. The van der Waals surface area contributed by atoms with E-state index in [-0.39, 0.29) is 22.5 Å². The number of amides is 1. The first-order valence-corrected chi connectivity index (χ1v) is 11.6. The van der Waals surface area contributed by atoms with Gasteiger partial charge < -0.3 is 15.0 Å². The number of hydrogen-bond acceptors (Lipinski definition) is 4. The number of aromatic nitrogens is 1. The molecule has 1 amide bonds. The third kappa shape index (κ3) is 5.04. The molecule has 0 radical (unpaired) electrons. The Labute approximate surface area is 182 Å². The molecule has 1 saturated heterocycles. The van der Waals surface area contributed by atoms with E-state index in [1.165, 1.54) is 16.6 Å². The maximum Gasteiger partial charge on any atom is 0.268 e. The van der Waals surface area contributed by atoms with E-state index in [4.69, 9.17) is 4.74 Å². The molecule has 1 aliphatic heterocycles. The number of ether oxygens (including phenoxy) is 1. The van der Waals surface area contributed by atoms with Crippen LogP contribution in [-0.4, -0.2) is 49.9 Å². The normalized spacial score (nSPS) is 16.0. The van der Waals surface area contributed by atoms with Crippen molar-refractivity contribution in [2.24, 2.45) is 0 Å². The highest BCUT2D eigenvalue weighted by Gasteiger charge is 2.28. The van der Waals surface area contributed by atoms with Crippen LogP contribution in [0.4, 0.5) is 0 Å². The molecule has 0 spiro atoms. The summed E-state index contributed by atoms with van der Waals surface area (Å²) in [6.45, 7) is 1.36. The van der Waals surface area contributed by atoms with Crippen LogP contribution in [0.3, 0.4) is 0 Å². The molecule has 0 saturated carbocycles. The highest BCUT2D eigenvalue weighted by molar-refractivity contribution is 7.89. The molecule has 162 valence electrons. The number of H-pyrrole nitrogens is 1. The Kier molecular flexibility index (Phi) is 6.50. The van der Waals surface area contributed by atoms with E-state index in [0.29, 0.717) is 32.7 Å². The molecule has 7 nitrogen and oxygen atoms in total. The van der Waals surface area contributed by atoms with Crippen molar-refractivity contribution in [1.82, 2.24) is 14.6 Å². The van der Waals surface area contributed by atoms with Gasteiger partial charge in [-0.05, 0) is 23.6 Å². The molecule has 1 fully saturated rings. The lowest BCUT2D eigenvalue weighted by Gasteiger charge is -2.25. The summed E-state index contributed by atoms with van der Waals surface area (Å²) in [5, 5.41) is 3.04. The van der Waals surface area contributed by atoms with Crippen LogP contribution in [0.25, 0.3) is 0 Å². The van der Waals surface area contributed by atoms with Crippen molar-refractivity contribution < 1.29 is 17.9 Å². The van der Waals surface area contributed by atoms with E-state index in [2.05, 4.69) is 10.3 Å². The number of carbonyl (C=O) groups is 1. The van der Waals surface area contributed by atoms with Crippen LogP contribution in [0, 0.1) is 0 Å². The van der Waals surface area contributed by atoms with Gasteiger partial charge in [0.1, 0.15) is 10.6 Å². The largest absolute Gasteiger partial charge is 0.379 e. The summed E-state index contributed by atoms with van der Waals surface area (Å²) in [4.78, 5) is 15.9. The van der Waals surface area contributed by atoms with E-state index >= 15 is 0 Å². The number of nitrogens with zero attached hydrogens (tertiary/aromatic N) is 1. The second-order valence-corrected chi connectivity index (χ2v) is 9.33. The number of benzene rings is 2. The Morgan fingerprint density at radius 3 is 2.35 bits per heavy atom. The highest BCUT2D eigenvalue weighted by atomic mass is 32.2. The lowest BCUT2D eigenvalue weighted by Crippen LogP contribution is -2.40. The van der Waals surface area contributed by atoms with Crippen molar-refractivity contribution in [3.05, 3.63) is 89.7 Å². The zero-order valence-corrected chi connectivity index (χ0v) is 17.8. The average molecular weight is 440 g/mol. The van der Waals surface area contributed by atoms with Gasteiger partial charge in [0.2, 0.25) is 10.0 Å². The quantitative estimate of drug-likeness (QED) is 0.592. The summed E-state index contributed by atoms with van der Waals surface area (Å²) in [7, 11) is -3.66. The van der Waals surface area contributed by atoms with Crippen molar-refractivity contribution in [2.75, 3.05) is 26.3 Å². The van der Waals surface area contributed by atoms with Crippen LogP contribution in [0.5, 0.6) is 0 Å². The SMILES string of the molecule is O=C(NC(Cc1ccccc1)c1ccccc1)c1cc(S(=O)(=O)N2CCOCC2)c[nH]1. The summed E-state index contributed by atoms with van der Waals surface area (Å²) >= 11 is 0. The molecule has 1 aromatic heterocycles. The van der Waals surface area contributed by atoms with E-state index in [9.17, 15) is 13.2 Å². The van der Waals surface area contributed by atoms with Gasteiger partial charge in [0.25, 0.3) is 5.91 Å². The Bertz CT molecular complexity index is 1110. The molecule has 3 aromatic rings. The van der Waals surface area contributed by atoms with Gasteiger partial charge in [-0.15, -0.1) is 0 Å². The first kappa shape index (κ1) is 21.3. The first-order chi connectivity index (χ1) is 15.0. The third-order valence-corrected chi connectivity index (χ3v) is 7.18. The monoisotopic (exact) mass is 439 g/mol. The molecule has 1 aliphatic rings. The summed E-state index contributed by atoms with van der Waals surface area (Å²) in [5.41, 5.74) is 2.28. The highest BCUT2D eigenvalue weighted by Crippen LogP contribution is 2.21. The van der Waals surface area contributed by atoms with Gasteiger partial charge in [-0.3, -0.25) is 4.79 Å². The van der Waals surface area contributed by atoms with Crippen LogP contribution in [0.15, 0.2) is 77.8 Å². The number of nitrogens with one attached hydrogen (secondary N) is 2. The predicted molar refractivity (Wildman–Crippen MR) is 117 cm³/mol. The first-order valence-electron chi connectivity index (χ1n) is 10.2. The summed E-state index contributed by atoms with van der Waals surface area (Å²) in [6.07, 6.45) is 1.99. The van der Waals surface area contributed by atoms with Crippen molar-refractivity contribution in [2.45, 2.75) is 17.4 Å². The van der Waals surface area contributed by atoms with Crippen LogP contribution >= 0.6 is 0 Å². The lowest BCUT2D eigenvalue weighted by atomic mass is 9.98. The van der Waals surface area contributed by atoms with E-state index in [0.717, 1.165) is 11.1 Å². The number of aromatic amines is 1. The minimum absolute atomic E-state index is 0.0823. The molecule has 2 aromatic carbocycles. The number of sulfonamides is 1. The maximum absolute atomic E-state index is 13.0. The third-order valence-electron chi connectivity index (χ3n) is 5.30. The van der Waals surface area contributed by atoms with Crippen molar-refractivity contribution >= 4 is 15.9 Å². The molecule has 31 heavy (non-hydrogen) atoms. The molecule has 4 rings (SSSR count). The molecule has 8 heteroatoms. The van der Waals surface area contributed by atoms with E-state index < -0.39 is 10.0 Å².